The molecule has 0 aromatic carbocycles. The van der Waals surface area contributed by atoms with Crippen LogP contribution in [0.2, 0.25) is 0 Å². The van der Waals surface area contributed by atoms with E-state index in [4.69, 9.17) is 0 Å². The van der Waals surface area contributed by atoms with E-state index in [9.17, 15) is 16.8 Å². The first-order chi connectivity index (χ1) is 8.84. The Morgan fingerprint density at radius 2 is 2.16 bits per heavy atom. The van der Waals surface area contributed by atoms with Gasteiger partial charge in [-0.25, -0.2) is 26.5 Å². The predicted octanol–water partition coefficient (Wildman–Crippen LogP) is -0.411. The second-order valence-corrected chi connectivity index (χ2v) is 8.23. The minimum Gasteiger partial charge on any atom is -0.372 e. The quantitative estimate of drug-likeness (QED) is 0.783. The van der Waals surface area contributed by atoms with E-state index in [1.54, 1.807) is 7.05 Å². The second-order valence-electron chi connectivity index (χ2n) is 4.32. The topological polar surface area (TPSA) is 105 Å². The van der Waals surface area contributed by atoms with Crippen molar-refractivity contribution in [1.29, 1.82) is 0 Å². The number of nitrogens with zero attached hydrogens (tertiary/aromatic N) is 1. The minimum atomic E-state index is -3.78. The van der Waals surface area contributed by atoms with Gasteiger partial charge in [-0.2, -0.15) is 0 Å². The van der Waals surface area contributed by atoms with E-state index in [0.29, 0.717) is 6.42 Å². The first-order valence-electron chi connectivity index (χ1n) is 5.69. The number of anilines is 1. The molecular weight excluding hydrogens is 290 g/mol. The van der Waals surface area contributed by atoms with E-state index in [0.717, 1.165) is 0 Å². The zero-order valence-electron chi connectivity index (χ0n) is 10.3. The van der Waals surface area contributed by atoms with E-state index < -0.39 is 25.9 Å². The zero-order valence-corrected chi connectivity index (χ0v) is 12.0. The molecule has 1 aromatic heterocycles. The third-order valence-corrected chi connectivity index (χ3v) is 6.17. The van der Waals surface area contributed by atoms with Crippen LogP contribution in [0.25, 0.3) is 0 Å². The van der Waals surface area contributed by atoms with Gasteiger partial charge in [0.25, 0.3) is 0 Å². The zero-order chi connectivity index (χ0) is 14.1. The number of sulfone groups is 1. The summed E-state index contributed by atoms with van der Waals surface area (Å²) in [5, 5.41) is 2.69. The number of hydrogen-bond donors (Lipinski definition) is 2. The normalized spacial score (nSPS) is 22.3. The van der Waals surface area contributed by atoms with Crippen molar-refractivity contribution in [3.63, 3.8) is 0 Å². The van der Waals surface area contributed by atoms with E-state index in [1.807, 2.05) is 0 Å². The fraction of sp³-hybridized carbons (Fsp3) is 0.500. The Balaban J connectivity index is 2.24. The summed E-state index contributed by atoms with van der Waals surface area (Å²) in [7, 11) is -5.33. The largest absolute Gasteiger partial charge is 0.372 e. The highest BCUT2D eigenvalue weighted by atomic mass is 32.2. The van der Waals surface area contributed by atoms with Gasteiger partial charge >= 0.3 is 0 Å². The van der Waals surface area contributed by atoms with E-state index in [2.05, 4.69) is 15.0 Å². The summed E-state index contributed by atoms with van der Waals surface area (Å²) in [5.74, 6) is 0.101. The number of pyridine rings is 1. The monoisotopic (exact) mass is 305 g/mol. The maximum Gasteiger partial charge on any atom is 0.244 e. The van der Waals surface area contributed by atoms with Gasteiger partial charge in [0.1, 0.15) is 10.7 Å². The molecule has 0 saturated carbocycles. The van der Waals surface area contributed by atoms with Crippen molar-refractivity contribution >= 4 is 25.7 Å². The smallest absolute Gasteiger partial charge is 0.244 e. The van der Waals surface area contributed by atoms with Gasteiger partial charge in [0.15, 0.2) is 9.84 Å². The fourth-order valence-corrected chi connectivity index (χ4v) is 5.18. The molecule has 9 heteroatoms. The van der Waals surface area contributed by atoms with Crippen LogP contribution >= 0.6 is 0 Å². The Labute approximate surface area is 112 Å². The van der Waals surface area contributed by atoms with Crippen LogP contribution in [0.3, 0.4) is 0 Å². The van der Waals surface area contributed by atoms with Gasteiger partial charge in [-0.1, -0.05) is 0 Å². The lowest BCUT2D eigenvalue weighted by atomic mass is 10.3. The molecule has 2 rings (SSSR count). The highest BCUT2D eigenvalue weighted by Crippen LogP contribution is 2.20. The highest BCUT2D eigenvalue weighted by Gasteiger charge is 2.32. The standard InChI is InChI=1S/C10H15N3O4S2/c1-11-10-9(3-2-5-12-10)19(16,17)13-8-4-6-18(14,15)7-8/h2-3,5,8,13H,4,6-7H2,1H3,(H,11,12). The lowest BCUT2D eigenvalue weighted by molar-refractivity contribution is 0.562. The molecule has 1 fully saturated rings. The number of nitrogens with one attached hydrogen (secondary N) is 2. The van der Waals surface area contributed by atoms with Crippen LogP contribution in [0.1, 0.15) is 6.42 Å². The first kappa shape index (κ1) is 14.2. The summed E-state index contributed by atoms with van der Waals surface area (Å²) in [6.07, 6.45) is 1.78. The molecule has 7 nitrogen and oxygen atoms in total. The maximum atomic E-state index is 12.2. The molecule has 1 atom stereocenters. The fourth-order valence-electron chi connectivity index (χ4n) is 1.97. The molecule has 1 aromatic rings. The minimum absolute atomic E-state index is 0.0156. The van der Waals surface area contributed by atoms with E-state index in [1.165, 1.54) is 18.3 Å². The summed E-state index contributed by atoms with van der Waals surface area (Å²) in [6.45, 7) is 0. The summed E-state index contributed by atoms with van der Waals surface area (Å²) in [6, 6.07) is 2.37. The average molecular weight is 305 g/mol. The van der Waals surface area contributed by atoms with Crippen molar-refractivity contribution in [1.82, 2.24) is 9.71 Å². The van der Waals surface area contributed by atoms with Gasteiger partial charge in [0.2, 0.25) is 10.0 Å². The summed E-state index contributed by atoms with van der Waals surface area (Å²) in [4.78, 5) is 3.93. The third-order valence-electron chi connectivity index (χ3n) is 2.85. The van der Waals surface area contributed by atoms with Crippen LogP contribution in [0.5, 0.6) is 0 Å². The van der Waals surface area contributed by atoms with Crippen LogP contribution < -0.4 is 10.0 Å². The summed E-state index contributed by atoms with van der Waals surface area (Å²) < 4.78 is 49.5. The van der Waals surface area contributed by atoms with Gasteiger partial charge in [0, 0.05) is 19.3 Å². The molecular formula is C10H15N3O4S2. The Kier molecular flexibility index (Phi) is 3.79. The lowest BCUT2D eigenvalue weighted by Crippen LogP contribution is -2.36. The molecule has 1 unspecified atom stereocenters. The van der Waals surface area contributed by atoms with Crippen LogP contribution in [0.4, 0.5) is 5.82 Å². The van der Waals surface area contributed by atoms with Gasteiger partial charge in [-0.3, -0.25) is 0 Å². The molecule has 1 aliphatic heterocycles. The van der Waals surface area contributed by atoms with Crippen LogP contribution in [0, 0.1) is 0 Å². The Bertz CT molecular complexity index is 670. The SMILES string of the molecule is CNc1ncccc1S(=O)(=O)NC1CCS(=O)(=O)C1. The second kappa shape index (κ2) is 5.06. The maximum absolute atomic E-state index is 12.2. The molecule has 0 spiro atoms. The molecule has 2 heterocycles. The molecule has 1 aliphatic rings. The number of rotatable bonds is 4. The van der Waals surface area contributed by atoms with E-state index >= 15 is 0 Å². The van der Waals surface area contributed by atoms with E-state index in [-0.39, 0.29) is 22.2 Å². The summed E-state index contributed by atoms with van der Waals surface area (Å²) >= 11 is 0. The predicted molar refractivity (Wildman–Crippen MR) is 71.2 cm³/mol. The molecule has 0 amide bonds. The van der Waals surface area contributed by atoms with Crippen LogP contribution in [-0.4, -0.2) is 46.4 Å². The first-order valence-corrected chi connectivity index (χ1v) is 9.00. The van der Waals surface area contributed by atoms with Gasteiger partial charge in [0.05, 0.1) is 11.5 Å². The van der Waals surface area contributed by atoms with Crippen LogP contribution in [0.15, 0.2) is 23.2 Å². The Morgan fingerprint density at radius 1 is 1.42 bits per heavy atom. The number of hydrogen-bond acceptors (Lipinski definition) is 6. The molecule has 0 aliphatic carbocycles. The van der Waals surface area contributed by atoms with Gasteiger partial charge in [-0.15, -0.1) is 0 Å². The van der Waals surface area contributed by atoms with Crippen molar-refractivity contribution < 1.29 is 16.8 Å². The molecule has 0 bridgehead atoms. The number of sulfonamides is 1. The molecule has 1 saturated heterocycles. The highest BCUT2D eigenvalue weighted by molar-refractivity contribution is 7.92. The van der Waals surface area contributed by atoms with Gasteiger partial charge < -0.3 is 5.32 Å². The van der Waals surface area contributed by atoms with Crippen molar-refractivity contribution in [3.8, 4) is 0 Å². The molecule has 2 N–H and O–H groups in total. The van der Waals surface area contributed by atoms with Crippen molar-refractivity contribution in [2.75, 3.05) is 23.9 Å². The third kappa shape index (κ3) is 3.23. The number of aromatic nitrogens is 1. The lowest BCUT2D eigenvalue weighted by Gasteiger charge is -2.13. The molecule has 106 valence electrons. The van der Waals surface area contributed by atoms with Crippen molar-refractivity contribution in [3.05, 3.63) is 18.3 Å². The summed E-state index contributed by atoms with van der Waals surface area (Å²) in [5.41, 5.74) is 0. The Morgan fingerprint density at radius 3 is 2.74 bits per heavy atom. The van der Waals surface area contributed by atoms with Crippen molar-refractivity contribution in [2.24, 2.45) is 0 Å². The average Bonchev–Trinajstić information content (AvgIpc) is 2.67. The van der Waals surface area contributed by atoms with Crippen LogP contribution in [-0.2, 0) is 19.9 Å². The van der Waals surface area contributed by atoms with Crippen molar-refractivity contribution in [2.45, 2.75) is 17.4 Å². The Hall–Kier alpha value is -1.19. The molecule has 0 radical (unpaired) electrons. The van der Waals surface area contributed by atoms with Gasteiger partial charge in [-0.05, 0) is 18.6 Å². The molecule has 19 heavy (non-hydrogen) atoms.